The molecule has 1 unspecified atom stereocenters. The quantitative estimate of drug-likeness (QED) is 0.936. The van der Waals surface area contributed by atoms with Crippen LogP contribution in [0.4, 0.5) is 5.13 Å². The number of thiazole rings is 1. The van der Waals surface area contributed by atoms with Crippen LogP contribution in [-0.4, -0.2) is 19.7 Å². The number of benzene rings is 1. The van der Waals surface area contributed by atoms with Crippen LogP contribution in [0, 0.1) is 0 Å². The summed E-state index contributed by atoms with van der Waals surface area (Å²) in [5.41, 5.74) is 1.03. The lowest BCUT2D eigenvalue weighted by molar-refractivity contribution is 0.602. The Bertz CT molecular complexity index is 604. The Morgan fingerprint density at radius 3 is 2.44 bits per heavy atom. The van der Waals surface area contributed by atoms with E-state index in [0.717, 1.165) is 10.7 Å². The Balaban J connectivity index is 2.14. The summed E-state index contributed by atoms with van der Waals surface area (Å²) in [6.07, 6.45) is 2.95. The lowest BCUT2D eigenvalue weighted by Crippen LogP contribution is -2.06. The molecule has 0 saturated carbocycles. The average molecular weight is 282 g/mol. The first-order valence-corrected chi connectivity index (χ1v) is 8.20. The maximum atomic E-state index is 11.3. The Morgan fingerprint density at radius 2 is 1.94 bits per heavy atom. The van der Waals surface area contributed by atoms with E-state index in [-0.39, 0.29) is 6.04 Å². The Morgan fingerprint density at radius 1 is 1.28 bits per heavy atom. The molecule has 1 aromatic carbocycles. The number of rotatable bonds is 4. The topological polar surface area (TPSA) is 59.1 Å². The van der Waals surface area contributed by atoms with Gasteiger partial charge in [-0.25, -0.2) is 13.4 Å². The first-order valence-electron chi connectivity index (χ1n) is 5.43. The highest BCUT2D eigenvalue weighted by Gasteiger charge is 2.10. The molecular formula is C12H14N2O2S2. The summed E-state index contributed by atoms with van der Waals surface area (Å²) in [4.78, 5) is 4.49. The molecule has 0 saturated heterocycles. The van der Waals surface area contributed by atoms with Gasteiger partial charge in [0.1, 0.15) is 0 Å². The summed E-state index contributed by atoms with van der Waals surface area (Å²) < 4.78 is 22.7. The van der Waals surface area contributed by atoms with Gasteiger partial charge >= 0.3 is 0 Å². The fourth-order valence-corrected chi connectivity index (χ4v) is 2.81. The summed E-state index contributed by atoms with van der Waals surface area (Å²) in [6, 6.07) is 6.99. The lowest BCUT2D eigenvalue weighted by Gasteiger charge is -2.13. The summed E-state index contributed by atoms with van der Waals surface area (Å²) in [5, 5.41) is 6.02. The first-order chi connectivity index (χ1) is 8.47. The molecule has 1 N–H and O–H groups in total. The standard InChI is InChI=1S/C12H14N2O2S2/c1-9(14-12-13-7-8-17-12)10-3-5-11(6-4-10)18(2,15)16/h3-9H,1-2H3,(H,13,14). The average Bonchev–Trinajstić information content (AvgIpc) is 2.81. The van der Waals surface area contributed by atoms with E-state index >= 15 is 0 Å². The molecule has 1 heterocycles. The van der Waals surface area contributed by atoms with Crippen LogP contribution in [0.25, 0.3) is 0 Å². The van der Waals surface area contributed by atoms with Crippen LogP contribution < -0.4 is 5.32 Å². The molecule has 2 aromatic rings. The van der Waals surface area contributed by atoms with Gasteiger partial charge in [-0.2, -0.15) is 0 Å². The van der Waals surface area contributed by atoms with Crippen molar-refractivity contribution in [2.45, 2.75) is 17.9 Å². The third-order valence-corrected chi connectivity index (χ3v) is 4.41. The molecule has 0 aliphatic rings. The van der Waals surface area contributed by atoms with E-state index in [1.54, 1.807) is 18.3 Å². The maximum Gasteiger partial charge on any atom is 0.183 e. The molecule has 2 rings (SSSR count). The van der Waals surface area contributed by atoms with Crippen LogP contribution in [-0.2, 0) is 9.84 Å². The number of aromatic nitrogens is 1. The largest absolute Gasteiger partial charge is 0.355 e. The van der Waals surface area contributed by atoms with Crippen LogP contribution in [0.5, 0.6) is 0 Å². The molecule has 96 valence electrons. The molecule has 4 nitrogen and oxygen atoms in total. The van der Waals surface area contributed by atoms with E-state index in [0.29, 0.717) is 4.90 Å². The molecule has 18 heavy (non-hydrogen) atoms. The van der Waals surface area contributed by atoms with Gasteiger partial charge in [0, 0.05) is 17.8 Å². The molecule has 0 amide bonds. The summed E-state index contributed by atoms with van der Waals surface area (Å²) in [7, 11) is -3.13. The van der Waals surface area contributed by atoms with Crippen LogP contribution in [0.1, 0.15) is 18.5 Å². The van der Waals surface area contributed by atoms with Crippen molar-refractivity contribution in [3.63, 3.8) is 0 Å². The number of hydrogen-bond acceptors (Lipinski definition) is 5. The van der Waals surface area contributed by atoms with Crippen LogP contribution in [0.15, 0.2) is 40.7 Å². The van der Waals surface area contributed by atoms with Gasteiger partial charge in [0.25, 0.3) is 0 Å². The van der Waals surface area contributed by atoms with Crippen molar-refractivity contribution in [1.82, 2.24) is 4.98 Å². The van der Waals surface area contributed by atoms with Crippen molar-refractivity contribution in [1.29, 1.82) is 0 Å². The molecule has 1 aromatic heterocycles. The van der Waals surface area contributed by atoms with Crippen LogP contribution in [0.2, 0.25) is 0 Å². The van der Waals surface area contributed by atoms with Crippen molar-refractivity contribution in [2.24, 2.45) is 0 Å². The zero-order chi connectivity index (χ0) is 13.2. The summed E-state index contributed by atoms with van der Waals surface area (Å²) >= 11 is 1.54. The number of nitrogens with zero attached hydrogens (tertiary/aromatic N) is 1. The van der Waals surface area contributed by atoms with Gasteiger partial charge in [0.15, 0.2) is 15.0 Å². The van der Waals surface area contributed by atoms with Crippen LogP contribution in [0.3, 0.4) is 0 Å². The maximum absolute atomic E-state index is 11.3. The second-order valence-corrected chi connectivity index (χ2v) is 6.95. The Labute approximate surface area is 111 Å². The molecule has 0 spiro atoms. The fourth-order valence-electron chi connectivity index (χ4n) is 1.57. The minimum atomic E-state index is -3.13. The molecule has 0 aliphatic heterocycles. The summed E-state index contributed by atoms with van der Waals surface area (Å²) in [5.74, 6) is 0. The van der Waals surface area contributed by atoms with Crippen molar-refractivity contribution in [3.05, 3.63) is 41.4 Å². The minimum Gasteiger partial charge on any atom is -0.355 e. The summed E-state index contributed by atoms with van der Waals surface area (Å²) in [6.45, 7) is 2.01. The zero-order valence-corrected chi connectivity index (χ0v) is 11.8. The van der Waals surface area contributed by atoms with Gasteiger partial charge in [0.05, 0.1) is 10.9 Å². The number of anilines is 1. The highest BCUT2D eigenvalue weighted by atomic mass is 32.2. The Kier molecular flexibility index (Phi) is 3.68. The van der Waals surface area contributed by atoms with Gasteiger partial charge in [-0.1, -0.05) is 12.1 Å². The first kappa shape index (κ1) is 13.0. The molecule has 0 radical (unpaired) electrons. The normalized spacial score (nSPS) is 13.2. The zero-order valence-electron chi connectivity index (χ0n) is 10.1. The van der Waals surface area contributed by atoms with Gasteiger partial charge in [-0.3, -0.25) is 0 Å². The molecule has 0 aliphatic carbocycles. The monoisotopic (exact) mass is 282 g/mol. The van der Waals surface area contributed by atoms with Crippen LogP contribution >= 0.6 is 11.3 Å². The second-order valence-electron chi connectivity index (χ2n) is 4.04. The van der Waals surface area contributed by atoms with Gasteiger partial charge in [0.2, 0.25) is 0 Å². The van der Waals surface area contributed by atoms with E-state index in [2.05, 4.69) is 10.3 Å². The van der Waals surface area contributed by atoms with Crippen molar-refractivity contribution >= 4 is 26.3 Å². The van der Waals surface area contributed by atoms with E-state index in [4.69, 9.17) is 0 Å². The lowest BCUT2D eigenvalue weighted by atomic mass is 10.1. The van der Waals surface area contributed by atoms with E-state index < -0.39 is 9.84 Å². The number of sulfone groups is 1. The van der Waals surface area contributed by atoms with E-state index in [1.807, 2.05) is 24.4 Å². The molecule has 6 heteroatoms. The van der Waals surface area contributed by atoms with Crippen molar-refractivity contribution in [3.8, 4) is 0 Å². The van der Waals surface area contributed by atoms with Crippen molar-refractivity contribution in [2.75, 3.05) is 11.6 Å². The molecular weight excluding hydrogens is 268 g/mol. The highest BCUT2D eigenvalue weighted by molar-refractivity contribution is 7.90. The molecule has 0 fully saturated rings. The highest BCUT2D eigenvalue weighted by Crippen LogP contribution is 2.21. The van der Waals surface area contributed by atoms with Gasteiger partial charge < -0.3 is 5.32 Å². The third kappa shape index (κ3) is 3.08. The Hall–Kier alpha value is -1.40. The van der Waals surface area contributed by atoms with E-state index in [1.165, 1.54) is 17.6 Å². The minimum absolute atomic E-state index is 0.0877. The predicted octanol–water partition coefficient (Wildman–Crippen LogP) is 2.72. The fraction of sp³-hybridized carbons (Fsp3) is 0.250. The number of nitrogens with one attached hydrogen (secondary N) is 1. The van der Waals surface area contributed by atoms with Gasteiger partial charge in [-0.05, 0) is 24.6 Å². The van der Waals surface area contributed by atoms with Gasteiger partial charge in [-0.15, -0.1) is 11.3 Å². The number of hydrogen-bond donors (Lipinski definition) is 1. The van der Waals surface area contributed by atoms with Crippen molar-refractivity contribution < 1.29 is 8.42 Å². The molecule has 0 bridgehead atoms. The predicted molar refractivity (Wildman–Crippen MR) is 73.7 cm³/mol. The smallest absolute Gasteiger partial charge is 0.183 e. The van der Waals surface area contributed by atoms with E-state index in [9.17, 15) is 8.42 Å². The SMILES string of the molecule is CC(Nc1nccs1)c1ccc(S(C)(=O)=O)cc1. The second kappa shape index (κ2) is 5.07. The molecule has 1 atom stereocenters. The third-order valence-electron chi connectivity index (χ3n) is 2.58.